The highest BCUT2D eigenvalue weighted by Crippen LogP contribution is 2.35. The molecule has 1 saturated heterocycles. The number of methoxy groups -OCH3 is 1. The van der Waals surface area contributed by atoms with E-state index in [2.05, 4.69) is 61.8 Å². The third-order valence-corrected chi connectivity index (χ3v) is 9.50. The number of pyridine rings is 1. The van der Waals surface area contributed by atoms with Crippen LogP contribution in [0.2, 0.25) is 0 Å². The number of ether oxygens (including phenoxy) is 2. The van der Waals surface area contributed by atoms with Gasteiger partial charge < -0.3 is 24.3 Å². The van der Waals surface area contributed by atoms with E-state index in [4.69, 9.17) is 14.5 Å². The fourth-order valence-corrected chi connectivity index (χ4v) is 6.61. The molecule has 0 amide bonds. The SMILES string of the molecule is CCS(=O)(=O)N1CCC(Nc2c(Br)cnc3nc(-c4cc(C)n(-c5cccc(OCCOC)c5)c4C)[nH]c23)C1. The minimum atomic E-state index is -3.21. The maximum atomic E-state index is 12.3. The van der Waals surface area contributed by atoms with Crippen molar-refractivity contribution < 1.29 is 17.9 Å². The second-order valence-corrected chi connectivity index (χ2v) is 12.7. The van der Waals surface area contributed by atoms with Crippen LogP contribution in [-0.4, -0.2) is 77.4 Å². The van der Waals surface area contributed by atoms with Crippen LogP contribution >= 0.6 is 15.9 Å². The van der Waals surface area contributed by atoms with Crippen LogP contribution in [0.1, 0.15) is 24.7 Å². The predicted molar refractivity (Wildman–Crippen MR) is 156 cm³/mol. The topological polar surface area (TPSA) is 114 Å². The zero-order valence-corrected chi connectivity index (χ0v) is 24.9. The van der Waals surface area contributed by atoms with Crippen LogP contribution in [0.15, 0.2) is 41.0 Å². The quantitative estimate of drug-likeness (QED) is 0.249. The lowest BCUT2D eigenvalue weighted by Crippen LogP contribution is -2.32. The number of halogens is 1. The normalized spacial score (nSPS) is 16.3. The Hall–Kier alpha value is -2.93. The van der Waals surface area contributed by atoms with E-state index in [1.165, 1.54) is 0 Å². The van der Waals surface area contributed by atoms with Gasteiger partial charge in [-0.05, 0) is 61.3 Å². The lowest BCUT2D eigenvalue weighted by molar-refractivity contribution is 0.146. The van der Waals surface area contributed by atoms with Gasteiger partial charge in [0.2, 0.25) is 10.0 Å². The predicted octanol–water partition coefficient (Wildman–Crippen LogP) is 4.66. The number of benzene rings is 1. The molecular weight excluding hydrogens is 584 g/mol. The summed E-state index contributed by atoms with van der Waals surface area (Å²) in [6, 6.07) is 10.1. The number of sulfonamides is 1. The molecule has 0 saturated carbocycles. The third-order valence-electron chi connectivity index (χ3n) is 7.05. The molecule has 10 nitrogen and oxygen atoms in total. The van der Waals surface area contributed by atoms with Crippen molar-refractivity contribution >= 4 is 42.8 Å². The summed E-state index contributed by atoms with van der Waals surface area (Å²) in [5, 5.41) is 3.54. The lowest BCUT2D eigenvalue weighted by Gasteiger charge is -2.17. The molecule has 4 aromatic rings. The number of aromatic nitrogens is 4. The van der Waals surface area contributed by atoms with Crippen LogP contribution in [0.4, 0.5) is 5.69 Å². The van der Waals surface area contributed by atoms with E-state index in [9.17, 15) is 8.42 Å². The molecule has 39 heavy (non-hydrogen) atoms. The third kappa shape index (κ3) is 5.56. The van der Waals surface area contributed by atoms with Crippen LogP contribution in [0.3, 0.4) is 0 Å². The van der Waals surface area contributed by atoms with Crippen molar-refractivity contribution in [2.24, 2.45) is 0 Å². The molecular formula is C27H33BrN6O4S. The van der Waals surface area contributed by atoms with Gasteiger partial charge in [0.25, 0.3) is 0 Å². The number of hydrogen-bond acceptors (Lipinski definition) is 7. The Morgan fingerprint density at radius 1 is 1.23 bits per heavy atom. The first kappa shape index (κ1) is 27.6. The van der Waals surface area contributed by atoms with Gasteiger partial charge >= 0.3 is 0 Å². The molecule has 5 rings (SSSR count). The highest BCUT2D eigenvalue weighted by Gasteiger charge is 2.31. The molecule has 1 aliphatic heterocycles. The Morgan fingerprint density at radius 2 is 2.05 bits per heavy atom. The van der Waals surface area contributed by atoms with Crippen molar-refractivity contribution in [3.05, 3.63) is 52.4 Å². The van der Waals surface area contributed by atoms with Crippen molar-refractivity contribution in [2.45, 2.75) is 33.2 Å². The summed E-state index contributed by atoms with van der Waals surface area (Å²) in [6.07, 6.45) is 2.45. The van der Waals surface area contributed by atoms with Gasteiger partial charge in [0, 0.05) is 61.1 Å². The number of anilines is 1. The molecule has 12 heteroatoms. The molecule has 1 atom stereocenters. The summed E-state index contributed by atoms with van der Waals surface area (Å²) in [4.78, 5) is 12.8. The maximum Gasteiger partial charge on any atom is 0.213 e. The molecule has 0 bridgehead atoms. The van der Waals surface area contributed by atoms with Gasteiger partial charge in [-0.2, -0.15) is 4.31 Å². The number of fused-ring (bicyclic) bond motifs is 1. The van der Waals surface area contributed by atoms with E-state index >= 15 is 0 Å². The Balaban J connectivity index is 1.45. The summed E-state index contributed by atoms with van der Waals surface area (Å²) >= 11 is 3.62. The molecule has 1 fully saturated rings. The van der Waals surface area contributed by atoms with Gasteiger partial charge in [-0.3, -0.25) is 0 Å². The van der Waals surface area contributed by atoms with Crippen molar-refractivity contribution in [1.82, 2.24) is 23.8 Å². The monoisotopic (exact) mass is 616 g/mol. The minimum absolute atomic E-state index is 0.0107. The molecule has 0 aliphatic carbocycles. The van der Waals surface area contributed by atoms with Gasteiger partial charge in [-0.25, -0.2) is 18.4 Å². The van der Waals surface area contributed by atoms with E-state index in [0.29, 0.717) is 37.8 Å². The highest BCUT2D eigenvalue weighted by atomic mass is 79.9. The zero-order valence-electron chi connectivity index (χ0n) is 22.5. The van der Waals surface area contributed by atoms with E-state index < -0.39 is 10.0 Å². The smallest absolute Gasteiger partial charge is 0.213 e. The Labute approximate surface area is 236 Å². The van der Waals surface area contributed by atoms with Crippen molar-refractivity contribution in [1.29, 1.82) is 0 Å². The van der Waals surface area contributed by atoms with E-state index in [-0.39, 0.29) is 11.8 Å². The molecule has 0 spiro atoms. The van der Waals surface area contributed by atoms with Crippen molar-refractivity contribution in [3.63, 3.8) is 0 Å². The largest absolute Gasteiger partial charge is 0.491 e. The average Bonchev–Trinajstić information content (AvgIpc) is 3.64. The van der Waals surface area contributed by atoms with E-state index in [1.54, 1.807) is 24.5 Å². The first-order valence-corrected chi connectivity index (χ1v) is 15.3. The van der Waals surface area contributed by atoms with Crippen molar-refractivity contribution in [3.8, 4) is 22.8 Å². The molecule has 1 unspecified atom stereocenters. The van der Waals surface area contributed by atoms with E-state index in [1.807, 2.05) is 18.2 Å². The highest BCUT2D eigenvalue weighted by molar-refractivity contribution is 9.10. The molecule has 4 heterocycles. The lowest BCUT2D eigenvalue weighted by atomic mass is 10.2. The number of aromatic amines is 1. The second-order valence-electron chi connectivity index (χ2n) is 9.61. The maximum absolute atomic E-state index is 12.3. The summed E-state index contributed by atoms with van der Waals surface area (Å²) in [5.41, 5.74) is 6.25. The number of imidazole rings is 1. The summed E-state index contributed by atoms with van der Waals surface area (Å²) in [6.45, 7) is 7.77. The first-order chi connectivity index (χ1) is 18.7. The van der Waals surface area contributed by atoms with Crippen LogP contribution in [0, 0.1) is 13.8 Å². The molecule has 208 valence electrons. The summed E-state index contributed by atoms with van der Waals surface area (Å²) < 4.78 is 40.1. The molecule has 2 N–H and O–H groups in total. The second kappa shape index (κ2) is 11.3. The number of nitrogens with one attached hydrogen (secondary N) is 2. The summed E-state index contributed by atoms with van der Waals surface area (Å²) in [7, 11) is -1.56. The zero-order chi connectivity index (χ0) is 27.7. The van der Waals surface area contributed by atoms with Gasteiger partial charge in [-0.15, -0.1) is 0 Å². The fourth-order valence-electron chi connectivity index (χ4n) is 5.04. The van der Waals surface area contributed by atoms with Gasteiger partial charge in [0.05, 0.1) is 22.5 Å². The Morgan fingerprint density at radius 3 is 2.82 bits per heavy atom. The number of rotatable bonds is 10. The number of hydrogen-bond donors (Lipinski definition) is 2. The minimum Gasteiger partial charge on any atom is -0.491 e. The molecule has 0 radical (unpaired) electrons. The van der Waals surface area contributed by atoms with Crippen LogP contribution in [-0.2, 0) is 14.8 Å². The first-order valence-electron chi connectivity index (χ1n) is 12.9. The van der Waals surface area contributed by atoms with Gasteiger partial charge in [0.1, 0.15) is 23.7 Å². The van der Waals surface area contributed by atoms with Crippen LogP contribution in [0.5, 0.6) is 5.75 Å². The molecule has 1 aliphatic rings. The van der Waals surface area contributed by atoms with Crippen molar-refractivity contribution in [2.75, 3.05) is 44.5 Å². The number of aryl methyl sites for hydroxylation is 1. The Bertz CT molecular complexity index is 1600. The van der Waals surface area contributed by atoms with Gasteiger partial charge in [-0.1, -0.05) is 6.07 Å². The standard InChI is InChI=1S/C27H33BrN6O4S/c1-5-39(35,36)33-10-9-19(16-33)30-24-23(28)15-29-27-25(24)31-26(32-27)22-13-17(2)34(18(22)3)20-7-6-8-21(14-20)38-12-11-37-4/h6-8,13-15,19H,5,9-12,16H2,1-4H3,(H2,29,30,31,32). The molecule has 1 aromatic carbocycles. The fraction of sp³-hybridized carbons (Fsp3) is 0.407. The summed E-state index contributed by atoms with van der Waals surface area (Å²) in [5.74, 6) is 1.60. The van der Waals surface area contributed by atoms with E-state index in [0.717, 1.165) is 50.5 Å². The molecule has 3 aromatic heterocycles. The van der Waals surface area contributed by atoms with Crippen LogP contribution in [0.25, 0.3) is 28.2 Å². The van der Waals surface area contributed by atoms with Crippen LogP contribution < -0.4 is 10.1 Å². The number of nitrogens with zero attached hydrogens (tertiary/aromatic N) is 4. The average molecular weight is 618 g/mol. The van der Waals surface area contributed by atoms with Gasteiger partial charge in [0.15, 0.2) is 5.65 Å². The Kier molecular flexibility index (Phi) is 7.99. The number of H-pyrrole nitrogens is 1.